The summed E-state index contributed by atoms with van der Waals surface area (Å²) in [4.78, 5) is 5.41. The predicted molar refractivity (Wildman–Crippen MR) is 191 cm³/mol. The van der Waals surface area contributed by atoms with Crippen LogP contribution in [0.25, 0.3) is 0 Å². The van der Waals surface area contributed by atoms with Crippen LogP contribution in [0.1, 0.15) is 226 Å². The number of hydrogen-bond donors (Lipinski definition) is 0. The lowest BCUT2D eigenvalue weighted by atomic mass is 10.0. The molecule has 2 nitrogen and oxygen atoms in total. The van der Waals surface area contributed by atoms with E-state index in [4.69, 9.17) is 0 Å². The summed E-state index contributed by atoms with van der Waals surface area (Å²) in [6.45, 7) is 9.48. The molecule has 0 saturated carbocycles. The first-order chi connectivity index (χ1) is 20.8. The Morgan fingerprint density at radius 1 is 0.310 bits per heavy atom. The van der Waals surface area contributed by atoms with Gasteiger partial charge in [0, 0.05) is 25.5 Å². The quantitative estimate of drug-likeness (QED) is 0.0690. The van der Waals surface area contributed by atoms with Crippen molar-refractivity contribution in [1.82, 2.24) is 9.80 Å². The summed E-state index contributed by atoms with van der Waals surface area (Å²) in [5, 5.41) is 0. The van der Waals surface area contributed by atoms with Crippen molar-refractivity contribution in [3.8, 4) is 0 Å². The maximum Gasteiger partial charge on any atom is 0.101 e. The summed E-state index contributed by atoms with van der Waals surface area (Å²) >= 11 is 0. The van der Waals surface area contributed by atoms with Crippen LogP contribution in [0.4, 0.5) is 0 Å². The minimum atomic E-state index is 0.640. The Bertz CT molecular complexity index is 544. The van der Waals surface area contributed by atoms with Gasteiger partial charge >= 0.3 is 0 Å². The zero-order valence-corrected chi connectivity index (χ0v) is 29.7. The van der Waals surface area contributed by atoms with Crippen molar-refractivity contribution in [2.75, 3.05) is 13.1 Å². The number of nitrogens with zero attached hydrogens (tertiary/aromatic N) is 2. The second-order valence-electron chi connectivity index (χ2n) is 13.9. The van der Waals surface area contributed by atoms with Crippen LogP contribution >= 0.6 is 0 Å². The van der Waals surface area contributed by atoms with Crippen molar-refractivity contribution >= 4 is 0 Å². The molecule has 0 aromatic rings. The largest absolute Gasteiger partial charge is 0.356 e. The topological polar surface area (TPSA) is 6.48 Å². The fourth-order valence-corrected chi connectivity index (χ4v) is 6.89. The van der Waals surface area contributed by atoms with E-state index in [1.54, 1.807) is 0 Å². The van der Waals surface area contributed by atoms with E-state index in [9.17, 15) is 0 Å². The van der Waals surface area contributed by atoms with E-state index in [1.165, 1.54) is 219 Å². The highest BCUT2D eigenvalue weighted by Gasteiger charge is 2.24. The summed E-state index contributed by atoms with van der Waals surface area (Å²) < 4.78 is 0. The van der Waals surface area contributed by atoms with Gasteiger partial charge in [0.15, 0.2) is 0 Å². The molecule has 1 atom stereocenters. The van der Waals surface area contributed by atoms with Gasteiger partial charge in [0.2, 0.25) is 0 Å². The first kappa shape index (κ1) is 39.4. The fourth-order valence-electron chi connectivity index (χ4n) is 6.89. The van der Waals surface area contributed by atoms with E-state index in [2.05, 4.69) is 43.0 Å². The molecular weight excluding hydrogens is 508 g/mol. The molecule has 1 unspecified atom stereocenters. The molecule has 0 saturated heterocycles. The molecule has 0 fully saturated rings. The van der Waals surface area contributed by atoms with E-state index >= 15 is 0 Å². The molecule has 0 spiro atoms. The van der Waals surface area contributed by atoms with Gasteiger partial charge in [-0.3, -0.25) is 0 Å². The molecule has 0 radical (unpaired) electrons. The molecule has 1 heterocycles. The van der Waals surface area contributed by atoms with Crippen molar-refractivity contribution in [2.24, 2.45) is 0 Å². The highest BCUT2D eigenvalue weighted by Crippen LogP contribution is 2.24. The minimum absolute atomic E-state index is 0.640. The van der Waals surface area contributed by atoms with Gasteiger partial charge < -0.3 is 9.80 Å². The molecule has 0 amide bonds. The summed E-state index contributed by atoms with van der Waals surface area (Å²) in [5.74, 6) is 0. The smallest absolute Gasteiger partial charge is 0.101 e. The first-order valence-corrected chi connectivity index (χ1v) is 20.0. The third kappa shape index (κ3) is 23.8. The summed E-state index contributed by atoms with van der Waals surface area (Å²) in [5.41, 5.74) is 0. The Morgan fingerprint density at radius 2 is 0.548 bits per heavy atom. The van der Waals surface area contributed by atoms with Gasteiger partial charge in [0.1, 0.15) is 6.17 Å². The van der Waals surface area contributed by atoms with Crippen LogP contribution in [0.5, 0.6) is 0 Å². The van der Waals surface area contributed by atoms with E-state index in [-0.39, 0.29) is 0 Å². The molecule has 1 aliphatic heterocycles. The van der Waals surface area contributed by atoms with Crippen LogP contribution in [0.2, 0.25) is 0 Å². The zero-order valence-electron chi connectivity index (χ0n) is 29.7. The van der Waals surface area contributed by atoms with Gasteiger partial charge in [-0.25, -0.2) is 0 Å². The highest BCUT2D eigenvalue weighted by molar-refractivity contribution is 4.97. The Morgan fingerprint density at radius 3 is 0.833 bits per heavy atom. The van der Waals surface area contributed by atoms with Crippen LogP contribution in [0.3, 0.4) is 0 Å². The average Bonchev–Trinajstić information content (AvgIpc) is 3.38. The molecule has 1 rings (SSSR count). The van der Waals surface area contributed by atoms with Gasteiger partial charge in [-0.05, 0) is 25.7 Å². The second kappa shape index (κ2) is 31.8. The van der Waals surface area contributed by atoms with Crippen LogP contribution in [0.15, 0.2) is 12.4 Å². The number of rotatable bonds is 34. The summed E-state index contributed by atoms with van der Waals surface area (Å²) in [7, 11) is 0. The zero-order chi connectivity index (χ0) is 30.2. The van der Waals surface area contributed by atoms with Crippen LogP contribution in [-0.4, -0.2) is 29.1 Å². The normalized spacial score (nSPS) is 15.0. The summed E-state index contributed by atoms with van der Waals surface area (Å²) in [6, 6.07) is 0. The van der Waals surface area contributed by atoms with Gasteiger partial charge in [-0.15, -0.1) is 0 Å². The molecule has 2 heteroatoms. The molecule has 0 aromatic carbocycles. The fraction of sp³-hybridized carbons (Fsp3) is 0.950. The molecule has 42 heavy (non-hydrogen) atoms. The predicted octanol–water partition coefficient (Wildman–Crippen LogP) is 13.9. The molecular formula is C40H80N2. The Balaban J connectivity index is 2.13. The van der Waals surface area contributed by atoms with Crippen LogP contribution in [-0.2, 0) is 0 Å². The minimum Gasteiger partial charge on any atom is -0.356 e. The standard InChI is InChI=1S/C40H80N2/c1-4-7-10-13-15-17-19-20-21-22-23-24-25-27-29-32-35-40-41(36-33-30-12-9-6-3)38-39-42(40)37-34-31-28-26-18-16-14-11-8-5-2/h38-40H,4-37H2,1-3H3. The van der Waals surface area contributed by atoms with E-state index in [0.717, 1.165) is 0 Å². The van der Waals surface area contributed by atoms with Crippen LogP contribution < -0.4 is 0 Å². The van der Waals surface area contributed by atoms with E-state index in [0.29, 0.717) is 6.17 Å². The third-order valence-corrected chi connectivity index (χ3v) is 9.82. The lowest BCUT2D eigenvalue weighted by molar-refractivity contribution is 0.135. The molecule has 0 N–H and O–H groups in total. The molecule has 0 aliphatic carbocycles. The third-order valence-electron chi connectivity index (χ3n) is 9.82. The van der Waals surface area contributed by atoms with E-state index < -0.39 is 0 Å². The van der Waals surface area contributed by atoms with Gasteiger partial charge in [-0.1, -0.05) is 201 Å². The highest BCUT2D eigenvalue weighted by atomic mass is 15.4. The van der Waals surface area contributed by atoms with Gasteiger partial charge in [0.05, 0.1) is 0 Å². The molecule has 250 valence electrons. The molecule has 0 aromatic heterocycles. The van der Waals surface area contributed by atoms with Gasteiger partial charge in [-0.2, -0.15) is 0 Å². The van der Waals surface area contributed by atoms with Crippen molar-refractivity contribution < 1.29 is 0 Å². The van der Waals surface area contributed by atoms with Crippen molar-refractivity contribution in [3.05, 3.63) is 12.4 Å². The molecule has 1 aliphatic rings. The lowest BCUT2D eigenvalue weighted by Crippen LogP contribution is -2.39. The van der Waals surface area contributed by atoms with Crippen molar-refractivity contribution in [3.63, 3.8) is 0 Å². The second-order valence-corrected chi connectivity index (χ2v) is 13.9. The van der Waals surface area contributed by atoms with E-state index in [1.807, 2.05) is 0 Å². The monoisotopic (exact) mass is 589 g/mol. The Hall–Kier alpha value is -0.660. The number of hydrogen-bond acceptors (Lipinski definition) is 2. The molecule has 0 bridgehead atoms. The van der Waals surface area contributed by atoms with Crippen LogP contribution in [0, 0.1) is 0 Å². The van der Waals surface area contributed by atoms with Crippen molar-refractivity contribution in [2.45, 2.75) is 232 Å². The average molecular weight is 589 g/mol. The summed E-state index contributed by atoms with van der Waals surface area (Å²) in [6.07, 6.45) is 51.4. The van der Waals surface area contributed by atoms with Gasteiger partial charge in [0.25, 0.3) is 0 Å². The lowest BCUT2D eigenvalue weighted by Gasteiger charge is -2.33. The van der Waals surface area contributed by atoms with Crippen molar-refractivity contribution in [1.29, 1.82) is 0 Å². The Kier molecular flexibility index (Phi) is 29.8. The number of unbranched alkanes of at least 4 members (excludes halogenated alkanes) is 28. The first-order valence-electron chi connectivity index (χ1n) is 20.0. The maximum absolute atomic E-state index is 2.71. The Labute approximate surface area is 267 Å². The maximum atomic E-state index is 2.71. The SMILES string of the molecule is CCCCCCCCCCCCCCCCCCC1N(CCCCCCC)C=CN1CCCCCCCCCCCC.